The lowest BCUT2D eigenvalue weighted by Gasteiger charge is -1.97. The number of nitrogens with zero attached hydrogens (tertiary/aromatic N) is 1. The van der Waals surface area contributed by atoms with Gasteiger partial charge in [-0.15, -0.1) is 6.58 Å². The Labute approximate surface area is 75.9 Å². The van der Waals surface area contributed by atoms with E-state index in [2.05, 4.69) is 11.6 Å². The van der Waals surface area contributed by atoms with Gasteiger partial charge < -0.3 is 0 Å². The Bertz CT molecular complexity index is 309. The third-order valence-electron chi connectivity index (χ3n) is 1.35. The highest BCUT2D eigenvalue weighted by Crippen LogP contribution is 2.13. The Hall–Kier alpha value is -1.15. The zero-order chi connectivity index (χ0) is 8.97. The van der Waals surface area contributed by atoms with E-state index in [0.717, 1.165) is 0 Å². The standard InChI is InChI=1S/C9H8ClNO/c1-2-4-8(12)9-7(10)5-3-6-11-9/h2-3,5-6H,1,4H2. The Balaban J connectivity index is 2.94. The molecule has 0 saturated heterocycles. The first-order chi connectivity index (χ1) is 5.75. The van der Waals surface area contributed by atoms with Gasteiger partial charge in [0.05, 0.1) is 5.02 Å². The van der Waals surface area contributed by atoms with E-state index < -0.39 is 0 Å². The molecule has 0 fully saturated rings. The number of rotatable bonds is 3. The van der Waals surface area contributed by atoms with Crippen LogP contribution in [0.1, 0.15) is 16.9 Å². The van der Waals surface area contributed by atoms with Crippen LogP contribution in [-0.4, -0.2) is 10.8 Å². The summed E-state index contributed by atoms with van der Waals surface area (Å²) in [6, 6.07) is 3.33. The minimum atomic E-state index is -0.101. The van der Waals surface area contributed by atoms with Gasteiger partial charge in [0.2, 0.25) is 0 Å². The van der Waals surface area contributed by atoms with Gasteiger partial charge in [-0.2, -0.15) is 0 Å². The van der Waals surface area contributed by atoms with Crippen molar-refractivity contribution in [2.24, 2.45) is 0 Å². The average Bonchev–Trinajstić information content (AvgIpc) is 2.05. The number of allylic oxidation sites excluding steroid dienone is 1. The van der Waals surface area contributed by atoms with E-state index in [9.17, 15) is 4.79 Å². The van der Waals surface area contributed by atoms with E-state index in [0.29, 0.717) is 10.7 Å². The highest BCUT2D eigenvalue weighted by molar-refractivity contribution is 6.33. The first-order valence-electron chi connectivity index (χ1n) is 3.50. The van der Waals surface area contributed by atoms with Crippen molar-refractivity contribution in [1.29, 1.82) is 0 Å². The molecule has 12 heavy (non-hydrogen) atoms. The van der Waals surface area contributed by atoms with Gasteiger partial charge in [0.25, 0.3) is 0 Å². The average molecular weight is 182 g/mol. The SMILES string of the molecule is C=CCC(=O)c1ncccc1Cl. The van der Waals surface area contributed by atoms with Crippen molar-refractivity contribution in [2.45, 2.75) is 6.42 Å². The van der Waals surface area contributed by atoms with Crippen molar-refractivity contribution < 1.29 is 4.79 Å². The molecular formula is C9H8ClNO. The first-order valence-corrected chi connectivity index (χ1v) is 3.88. The van der Waals surface area contributed by atoms with E-state index in [4.69, 9.17) is 11.6 Å². The van der Waals surface area contributed by atoms with Gasteiger partial charge in [0.1, 0.15) is 5.69 Å². The summed E-state index contributed by atoms with van der Waals surface area (Å²) in [5.41, 5.74) is 0.319. The lowest BCUT2D eigenvalue weighted by atomic mass is 10.2. The summed E-state index contributed by atoms with van der Waals surface area (Å²) < 4.78 is 0. The molecule has 0 N–H and O–H groups in total. The minimum absolute atomic E-state index is 0.101. The molecule has 1 heterocycles. The van der Waals surface area contributed by atoms with E-state index in [-0.39, 0.29) is 12.2 Å². The van der Waals surface area contributed by atoms with Crippen LogP contribution in [0.2, 0.25) is 5.02 Å². The molecule has 0 unspecified atom stereocenters. The van der Waals surface area contributed by atoms with E-state index >= 15 is 0 Å². The molecule has 1 aromatic heterocycles. The maximum atomic E-state index is 11.2. The zero-order valence-electron chi connectivity index (χ0n) is 6.46. The summed E-state index contributed by atoms with van der Waals surface area (Å²) in [6.07, 6.45) is 3.35. The lowest BCUT2D eigenvalue weighted by molar-refractivity contribution is 0.0991. The summed E-state index contributed by atoms with van der Waals surface area (Å²) in [7, 11) is 0. The first kappa shape index (κ1) is 8.94. The maximum absolute atomic E-state index is 11.2. The molecule has 0 amide bonds. The summed E-state index contributed by atoms with van der Waals surface area (Å²) in [6.45, 7) is 3.46. The van der Waals surface area contributed by atoms with Crippen molar-refractivity contribution in [3.05, 3.63) is 41.7 Å². The van der Waals surface area contributed by atoms with Crippen LogP contribution >= 0.6 is 11.6 Å². The number of carbonyl (C=O) groups excluding carboxylic acids is 1. The van der Waals surface area contributed by atoms with Gasteiger partial charge in [-0.3, -0.25) is 9.78 Å². The van der Waals surface area contributed by atoms with Crippen LogP contribution in [0, 0.1) is 0 Å². The van der Waals surface area contributed by atoms with E-state index in [1.165, 1.54) is 6.08 Å². The van der Waals surface area contributed by atoms with E-state index in [1.807, 2.05) is 0 Å². The van der Waals surface area contributed by atoms with Gasteiger partial charge in [-0.1, -0.05) is 17.7 Å². The smallest absolute Gasteiger partial charge is 0.186 e. The number of halogens is 1. The number of aromatic nitrogens is 1. The van der Waals surface area contributed by atoms with Crippen LogP contribution in [0.4, 0.5) is 0 Å². The fourth-order valence-corrected chi connectivity index (χ4v) is 1.05. The largest absolute Gasteiger partial charge is 0.292 e. The quantitative estimate of drug-likeness (QED) is 0.530. The highest BCUT2D eigenvalue weighted by Gasteiger charge is 2.08. The topological polar surface area (TPSA) is 30.0 Å². The van der Waals surface area contributed by atoms with Crippen LogP contribution in [-0.2, 0) is 0 Å². The van der Waals surface area contributed by atoms with Gasteiger partial charge in [0, 0.05) is 12.6 Å². The molecule has 0 saturated carbocycles. The molecule has 1 aromatic rings. The Morgan fingerprint density at radius 1 is 1.75 bits per heavy atom. The molecule has 0 aliphatic heterocycles. The third kappa shape index (κ3) is 1.92. The van der Waals surface area contributed by atoms with Gasteiger partial charge >= 0.3 is 0 Å². The highest BCUT2D eigenvalue weighted by atomic mass is 35.5. The molecule has 0 aliphatic carbocycles. The number of Topliss-reactive ketones (excluding diaryl/α,β-unsaturated/α-hetero) is 1. The molecule has 62 valence electrons. The molecule has 0 atom stereocenters. The molecular weight excluding hydrogens is 174 g/mol. The van der Waals surface area contributed by atoms with Crippen LogP contribution < -0.4 is 0 Å². The van der Waals surface area contributed by atoms with Crippen molar-refractivity contribution in [1.82, 2.24) is 4.98 Å². The number of hydrogen-bond donors (Lipinski definition) is 0. The summed E-state index contributed by atoms with van der Waals surface area (Å²) >= 11 is 5.74. The second kappa shape index (κ2) is 4.02. The van der Waals surface area contributed by atoms with Crippen LogP contribution in [0.15, 0.2) is 31.0 Å². The second-order valence-electron chi connectivity index (χ2n) is 2.25. The van der Waals surface area contributed by atoms with Crippen molar-refractivity contribution in [3.8, 4) is 0 Å². The number of hydrogen-bond acceptors (Lipinski definition) is 2. The van der Waals surface area contributed by atoms with Crippen LogP contribution in [0.3, 0.4) is 0 Å². The number of carbonyl (C=O) groups is 1. The van der Waals surface area contributed by atoms with E-state index in [1.54, 1.807) is 18.3 Å². The van der Waals surface area contributed by atoms with Crippen LogP contribution in [0.5, 0.6) is 0 Å². The molecule has 0 spiro atoms. The maximum Gasteiger partial charge on any atom is 0.186 e. The Morgan fingerprint density at radius 3 is 3.08 bits per heavy atom. The monoisotopic (exact) mass is 181 g/mol. The lowest BCUT2D eigenvalue weighted by Crippen LogP contribution is -2.00. The molecule has 0 aromatic carbocycles. The zero-order valence-corrected chi connectivity index (χ0v) is 7.21. The van der Waals surface area contributed by atoms with Crippen molar-refractivity contribution >= 4 is 17.4 Å². The number of pyridine rings is 1. The Morgan fingerprint density at radius 2 is 2.50 bits per heavy atom. The van der Waals surface area contributed by atoms with Gasteiger partial charge in [-0.25, -0.2) is 0 Å². The summed E-state index contributed by atoms with van der Waals surface area (Å²) in [5.74, 6) is -0.101. The van der Waals surface area contributed by atoms with Crippen molar-refractivity contribution in [2.75, 3.05) is 0 Å². The fraction of sp³-hybridized carbons (Fsp3) is 0.111. The van der Waals surface area contributed by atoms with Crippen molar-refractivity contribution in [3.63, 3.8) is 0 Å². The minimum Gasteiger partial charge on any atom is -0.292 e. The predicted molar refractivity (Wildman–Crippen MR) is 48.4 cm³/mol. The fourth-order valence-electron chi connectivity index (χ4n) is 0.819. The van der Waals surface area contributed by atoms with Crippen LogP contribution in [0.25, 0.3) is 0 Å². The molecule has 0 radical (unpaired) electrons. The normalized spacial score (nSPS) is 9.42. The Kier molecular flexibility index (Phi) is 3.00. The second-order valence-corrected chi connectivity index (χ2v) is 2.66. The molecule has 1 rings (SSSR count). The van der Waals surface area contributed by atoms with Gasteiger partial charge in [0.15, 0.2) is 5.78 Å². The molecule has 0 bridgehead atoms. The predicted octanol–water partition coefficient (Wildman–Crippen LogP) is 2.49. The summed E-state index contributed by atoms with van der Waals surface area (Å²) in [5, 5.41) is 0.393. The third-order valence-corrected chi connectivity index (χ3v) is 1.66. The molecule has 3 heteroatoms. The number of ketones is 1. The molecule has 0 aliphatic rings. The molecule has 2 nitrogen and oxygen atoms in total. The summed E-state index contributed by atoms with van der Waals surface area (Å²) in [4.78, 5) is 15.1. The van der Waals surface area contributed by atoms with Gasteiger partial charge in [-0.05, 0) is 12.1 Å².